The third-order valence-corrected chi connectivity index (χ3v) is 5.67. The molecule has 0 bridgehead atoms. The Morgan fingerprint density at radius 3 is 2.90 bits per heavy atom. The van der Waals surface area contributed by atoms with Crippen LogP contribution in [-0.4, -0.2) is 37.0 Å². The number of nitrogens with zero attached hydrogens (tertiary/aromatic N) is 1. The van der Waals surface area contributed by atoms with Gasteiger partial charge >= 0.3 is 0 Å². The Morgan fingerprint density at radius 1 is 1.52 bits per heavy atom. The van der Waals surface area contributed by atoms with Crippen LogP contribution in [0.5, 0.6) is 0 Å². The molecular weight excluding hydrogens is 314 g/mol. The maximum Gasteiger partial charge on any atom is 0.170 e. The minimum absolute atomic E-state index is 0.00483. The van der Waals surface area contributed by atoms with E-state index in [9.17, 15) is 8.42 Å². The van der Waals surface area contributed by atoms with Crippen molar-refractivity contribution in [2.24, 2.45) is 10.9 Å². The topological polar surface area (TPSA) is 105 Å². The van der Waals surface area contributed by atoms with Crippen LogP contribution in [0.3, 0.4) is 0 Å². The van der Waals surface area contributed by atoms with E-state index in [0.717, 1.165) is 12.0 Å². The van der Waals surface area contributed by atoms with Crippen LogP contribution in [0.15, 0.2) is 23.4 Å². The molecule has 1 aromatic rings. The van der Waals surface area contributed by atoms with Crippen molar-refractivity contribution in [3.8, 4) is 0 Å². The molecule has 1 heterocycles. The van der Waals surface area contributed by atoms with Crippen LogP contribution in [-0.2, 0) is 16.4 Å². The summed E-state index contributed by atoms with van der Waals surface area (Å²) < 4.78 is 23.2. The quantitative estimate of drug-likeness (QED) is 0.332. The molecule has 0 spiro atoms. The summed E-state index contributed by atoms with van der Waals surface area (Å²) in [6, 6.07) is 5.06. The summed E-state index contributed by atoms with van der Waals surface area (Å²) in [6.45, 7) is 0.482. The Hall–Kier alpha value is -1.31. The van der Waals surface area contributed by atoms with Gasteiger partial charge in [-0.25, -0.2) is 8.42 Å². The highest BCUT2D eigenvalue weighted by atomic mass is 35.5. The molecule has 8 heteroatoms. The molecule has 0 saturated carbocycles. The Balaban J connectivity index is 2.00. The summed E-state index contributed by atoms with van der Waals surface area (Å²) in [7, 11) is -2.92. The third kappa shape index (κ3) is 4.33. The Labute approximate surface area is 128 Å². The van der Waals surface area contributed by atoms with Crippen LogP contribution >= 0.6 is 11.6 Å². The van der Waals surface area contributed by atoms with Crippen molar-refractivity contribution in [2.45, 2.75) is 25.4 Å². The minimum atomic E-state index is -2.92. The van der Waals surface area contributed by atoms with Gasteiger partial charge in [-0.05, 0) is 24.5 Å². The van der Waals surface area contributed by atoms with Crippen molar-refractivity contribution in [1.82, 2.24) is 5.32 Å². The van der Waals surface area contributed by atoms with Crippen LogP contribution in [0.1, 0.15) is 24.0 Å². The second-order valence-electron chi connectivity index (χ2n) is 5.13. The predicted octanol–water partition coefficient (Wildman–Crippen LogP) is 1.10. The van der Waals surface area contributed by atoms with E-state index in [2.05, 4.69) is 10.5 Å². The highest BCUT2D eigenvalue weighted by molar-refractivity contribution is 7.91. The first kappa shape index (κ1) is 16.1. The molecule has 2 rings (SSSR count). The number of oxime groups is 1. The van der Waals surface area contributed by atoms with E-state index < -0.39 is 9.84 Å². The van der Waals surface area contributed by atoms with Crippen LogP contribution in [0.4, 0.5) is 0 Å². The fourth-order valence-electron chi connectivity index (χ4n) is 2.35. The van der Waals surface area contributed by atoms with E-state index in [4.69, 9.17) is 22.5 Å². The molecule has 4 N–H and O–H groups in total. The summed E-state index contributed by atoms with van der Waals surface area (Å²) in [5.41, 5.74) is 6.87. The van der Waals surface area contributed by atoms with E-state index >= 15 is 0 Å². The monoisotopic (exact) mass is 331 g/mol. The van der Waals surface area contributed by atoms with Gasteiger partial charge in [-0.3, -0.25) is 0 Å². The summed E-state index contributed by atoms with van der Waals surface area (Å²) in [6.07, 6.45) is 1.54. The van der Waals surface area contributed by atoms with Crippen LogP contribution < -0.4 is 11.1 Å². The van der Waals surface area contributed by atoms with E-state index in [1.54, 1.807) is 18.2 Å². The highest BCUT2D eigenvalue weighted by Crippen LogP contribution is 2.19. The molecule has 6 nitrogen and oxygen atoms in total. The smallest absolute Gasteiger partial charge is 0.170 e. The molecule has 0 aromatic heterocycles. The van der Waals surface area contributed by atoms with Crippen molar-refractivity contribution in [2.75, 3.05) is 11.5 Å². The number of nitrogens with two attached hydrogens (primary N) is 1. The number of halogens is 1. The standard InChI is InChI=1S/C13H18ClN3O3S/c14-12-6-9(13(15)17-18)3-4-10(12)7-16-11-2-1-5-21(19,20)8-11/h3-4,6,11,16,18H,1-2,5,7-8H2,(H2,15,17). The SMILES string of the molecule is N/C(=N/O)c1ccc(CNC2CCCS(=O)(=O)C2)c(Cl)c1. The maximum atomic E-state index is 11.6. The molecule has 0 radical (unpaired) electrons. The second-order valence-corrected chi connectivity index (χ2v) is 7.76. The molecule has 1 fully saturated rings. The summed E-state index contributed by atoms with van der Waals surface area (Å²) >= 11 is 6.15. The predicted molar refractivity (Wildman–Crippen MR) is 82.5 cm³/mol. The third-order valence-electron chi connectivity index (χ3n) is 3.50. The number of hydrogen-bond acceptors (Lipinski definition) is 5. The summed E-state index contributed by atoms with van der Waals surface area (Å²) in [5, 5.41) is 15.3. The Kier molecular flexibility index (Phi) is 5.08. The molecule has 1 aromatic carbocycles. The van der Waals surface area contributed by atoms with Crippen molar-refractivity contribution < 1.29 is 13.6 Å². The Morgan fingerprint density at radius 2 is 2.29 bits per heavy atom. The lowest BCUT2D eigenvalue weighted by Crippen LogP contribution is -2.39. The molecule has 21 heavy (non-hydrogen) atoms. The molecule has 0 amide bonds. The fourth-order valence-corrected chi connectivity index (χ4v) is 4.26. The largest absolute Gasteiger partial charge is 0.409 e. The number of benzene rings is 1. The van der Waals surface area contributed by atoms with Crippen molar-refractivity contribution in [3.05, 3.63) is 34.3 Å². The van der Waals surface area contributed by atoms with Gasteiger partial charge in [0.15, 0.2) is 15.7 Å². The first-order chi connectivity index (χ1) is 9.91. The fraction of sp³-hybridized carbons (Fsp3) is 0.462. The zero-order chi connectivity index (χ0) is 15.5. The van der Waals surface area contributed by atoms with Gasteiger partial charge in [-0.1, -0.05) is 28.9 Å². The number of amidine groups is 1. The van der Waals surface area contributed by atoms with Gasteiger partial charge in [0.05, 0.1) is 11.5 Å². The summed E-state index contributed by atoms with van der Waals surface area (Å²) in [4.78, 5) is 0. The average molecular weight is 332 g/mol. The lowest BCUT2D eigenvalue weighted by Gasteiger charge is -2.23. The van der Waals surface area contributed by atoms with E-state index in [-0.39, 0.29) is 23.4 Å². The number of nitrogens with one attached hydrogen (secondary N) is 1. The summed E-state index contributed by atoms with van der Waals surface area (Å²) in [5.74, 6) is 0.447. The second kappa shape index (κ2) is 6.64. The molecule has 1 aliphatic rings. The van der Waals surface area contributed by atoms with Crippen LogP contribution in [0, 0.1) is 0 Å². The van der Waals surface area contributed by atoms with Crippen LogP contribution in [0.2, 0.25) is 5.02 Å². The number of hydrogen-bond donors (Lipinski definition) is 3. The molecule has 1 atom stereocenters. The molecule has 1 unspecified atom stereocenters. The zero-order valence-corrected chi connectivity index (χ0v) is 13.0. The molecule has 116 valence electrons. The highest BCUT2D eigenvalue weighted by Gasteiger charge is 2.24. The van der Waals surface area contributed by atoms with E-state index in [1.807, 2.05) is 0 Å². The van der Waals surface area contributed by atoms with Gasteiger partial charge in [-0.2, -0.15) is 0 Å². The normalized spacial score (nSPS) is 22.1. The van der Waals surface area contributed by atoms with Gasteiger partial charge in [0.2, 0.25) is 0 Å². The lowest BCUT2D eigenvalue weighted by atomic mass is 10.1. The Bertz CT molecular complexity index is 646. The number of rotatable bonds is 4. The van der Waals surface area contributed by atoms with Gasteiger partial charge in [0.1, 0.15) is 0 Å². The minimum Gasteiger partial charge on any atom is -0.409 e. The van der Waals surface area contributed by atoms with E-state index in [1.165, 1.54) is 0 Å². The lowest BCUT2D eigenvalue weighted by molar-refractivity contribution is 0.318. The maximum absolute atomic E-state index is 11.6. The van der Waals surface area contributed by atoms with E-state index in [0.29, 0.717) is 23.6 Å². The first-order valence-electron chi connectivity index (χ1n) is 6.61. The van der Waals surface area contributed by atoms with Gasteiger partial charge in [0.25, 0.3) is 0 Å². The first-order valence-corrected chi connectivity index (χ1v) is 8.81. The van der Waals surface area contributed by atoms with Crippen molar-refractivity contribution in [3.63, 3.8) is 0 Å². The van der Waals surface area contributed by atoms with Gasteiger partial charge < -0.3 is 16.3 Å². The molecule has 1 saturated heterocycles. The van der Waals surface area contributed by atoms with Gasteiger partial charge in [0, 0.05) is 23.2 Å². The molecular formula is C13H18ClN3O3S. The van der Waals surface area contributed by atoms with Crippen LogP contribution in [0.25, 0.3) is 0 Å². The van der Waals surface area contributed by atoms with Gasteiger partial charge in [-0.15, -0.1) is 0 Å². The van der Waals surface area contributed by atoms with Crippen molar-refractivity contribution in [1.29, 1.82) is 0 Å². The molecule has 1 aliphatic heterocycles. The number of sulfone groups is 1. The zero-order valence-electron chi connectivity index (χ0n) is 11.4. The molecule has 0 aliphatic carbocycles. The average Bonchev–Trinajstić information content (AvgIpc) is 2.44. The van der Waals surface area contributed by atoms with Crippen molar-refractivity contribution >= 4 is 27.3 Å².